The van der Waals surface area contributed by atoms with Crippen molar-refractivity contribution in [2.75, 3.05) is 0 Å². The third kappa shape index (κ3) is 3.60. The third-order valence-corrected chi connectivity index (χ3v) is 8.06. The Bertz CT molecular complexity index is 1060. The van der Waals surface area contributed by atoms with E-state index in [1.54, 1.807) is 0 Å². The lowest BCUT2D eigenvalue weighted by atomic mass is 9.73. The molecule has 2 atom stereocenters. The lowest BCUT2D eigenvalue weighted by molar-refractivity contribution is -0.124. The molecule has 1 heterocycles. The molecule has 3 aliphatic carbocycles. The van der Waals surface area contributed by atoms with Crippen molar-refractivity contribution in [2.24, 2.45) is 17.3 Å². The Morgan fingerprint density at radius 2 is 1.90 bits per heavy atom. The van der Waals surface area contributed by atoms with Gasteiger partial charge in [0.25, 0.3) is 0 Å². The van der Waals surface area contributed by atoms with Crippen molar-refractivity contribution in [1.82, 2.24) is 20.6 Å². The molecule has 5 rings (SSSR count). The number of carbonyl (C=O) groups is 1. The SMILES string of the molecule is CC1(C2CCCC2)CC2CC(OCc3ccc(-c4nn[nH]n4)cc3)=C(Cl)C(Cl)=C2C1=O. The molecule has 0 bridgehead atoms. The van der Waals surface area contributed by atoms with Gasteiger partial charge in [-0.25, -0.2) is 0 Å². The number of hydrogen-bond donors (Lipinski definition) is 1. The van der Waals surface area contributed by atoms with E-state index in [1.165, 1.54) is 12.8 Å². The van der Waals surface area contributed by atoms with Crippen LogP contribution in [-0.4, -0.2) is 26.4 Å². The molecular formula is C23H24Cl2N4O2. The number of hydrogen-bond acceptors (Lipinski definition) is 5. The van der Waals surface area contributed by atoms with Crippen LogP contribution in [0.4, 0.5) is 0 Å². The predicted octanol–water partition coefficient (Wildman–Crippen LogP) is 5.52. The van der Waals surface area contributed by atoms with Gasteiger partial charge in [0.2, 0.25) is 5.82 Å². The molecular weight excluding hydrogens is 435 g/mol. The largest absolute Gasteiger partial charge is 0.492 e. The molecule has 1 aromatic carbocycles. The Hall–Kier alpha value is -2.18. The summed E-state index contributed by atoms with van der Waals surface area (Å²) in [5, 5.41) is 14.7. The lowest BCUT2D eigenvalue weighted by Gasteiger charge is -2.29. The number of ether oxygens (including phenoxy) is 1. The van der Waals surface area contributed by atoms with Crippen LogP contribution >= 0.6 is 23.2 Å². The number of allylic oxidation sites excluding steroid dienone is 4. The maximum atomic E-state index is 13.3. The van der Waals surface area contributed by atoms with Crippen molar-refractivity contribution in [2.45, 2.75) is 52.1 Å². The monoisotopic (exact) mass is 458 g/mol. The summed E-state index contributed by atoms with van der Waals surface area (Å²) < 4.78 is 6.09. The van der Waals surface area contributed by atoms with Crippen molar-refractivity contribution < 1.29 is 9.53 Å². The summed E-state index contributed by atoms with van der Waals surface area (Å²) in [5.74, 6) is 1.95. The van der Waals surface area contributed by atoms with E-state index in [4.69, 9.17) is 27.9 Å². The molecule has 3 aliphatic rings. The van der Waals surface area contributed by atoms with Gasteiger partial charge in [-0.2, -0.15) is 5.21 Å². The van der Waals surface area contributed by atoms with E-state index in [2.05, 4.69) is 27.5 Å². The lowest BCUT2D eigenvalue weighted by Crippen LogP contribution is -2.30. The number of nitrogens with one attached hydrogen (secondary N) is 1. The quantitative estimate of drug-likeness (QED) is 0.637. The van der Waals surface area contributed by atoms with Crippen molar-refractivity contribution in [3.63, 3.8) is 0 Å². The number of H-pyrrole nitrogens is 1. The highest BCUT2D eigenvalue weighted by molar-refractivity contribution is 6.45. The first-order chi connectivity index (χ1) is 15.0. The first-order valence-electron chi connectivity index (χ1n) is 10.8. The van der Waals surface area contributed by atoms with Crippen LogP contribution in [0.1, 0.15) is 51.0 Å². The molecule has 0 aliphatic heterocycles. The van der Waals surface area contributed by atoms with Gasteiger partial charge < -0.3 is 4.74 Å². The normalized spacial score (nSPS) is 26.7. The number of rotatable bonds is 5. The first-order valence-corrected chi connectivity index (χ1v) is 11.5. The number of nitrogens with zero attached hydrogens (tertiary/aromatic N) is 3. The van der Waals surface area contributed by atoms with Crippen LogP contribution in [0.25, 0.3) is 11.4 Å². The van der Waals surface area contributed by atoms with E-state index in [0.29, 0.717) is 40.6 Å². The summed E-state index contributed by atoms with van der Waals surface area (Å²) in [6, 6.07) is 7.77. The van der Waals surface area contributed by atoms with Crippen molar-refractivity contribution in [3.05, 3.63) is 51.2 Å². The number of Topliss-reactive ketones (excluding diaryl/α,β-unsaturated/α-hetero) is 1. The number of aromatic nitrogens is 4. The summed E-state index contributed by atoms with van der Waals surface area (Å²) in [7, 11) is 0. The van der Waals surface area contributed by atoms with Gasteiger partial charge in [-0.05, 0) is 41.9 Å². The fourth-order valence-corrected chi connectivity index (χ4v) is 6.03. The van der Waals surface area contributed by atoms with Crippen LogP contribution in [-0.2, 0) is 16.1 Å². The van der Waals surface area contributed by atoms with Gasteiger partial charge in [0.1, 0.15) is 12.4 Å². The van der Waals surface area contributed by atoms with E-state index >= 15 is 0 Å². The Morgan fingerprint density at radius 3 is 2.58 bits per heavy atom. The molecule has 8 heteroatoms. The summed E-state index contributed by atoms with van der Waals surface area (Å²) in [6.45, 7) is 2.50. The number of fused-ring (bicyclic) bond motifs is 1. The molecule has 2 aromatic rings. The minimum Gasteiger partial charge on any atom is -0.492 e. The molecule has 0 amide bonds. The number of halogens is 2. The van der Waals surface area contributed by atoms with E-state index < -0.39 is 0 Å². The van der Waals surface area contributed by atoms with Crippen LogP contribution in [0.15, 0.2) is 45.7 Å². The van der Waals surface area contributed by atoms with E-state index in [1.807, 2.05) is 24.3 Å². The van der Waals surface area contributed by atoms with Gasteiger partial charge in [0, 0.05) is 23.0 Å². The number of benzene rings is 1. The van der Waals surface area contributed by atoms with Crippen LogP contribution < -0.4 is 0 Å². The molecule has 2 saturated carbocycles. The number of ketones is 1. The van der Waals surface area contributed by atoms with Crippen LogP contribution in [0.2, 0.25) is 0 Å². The number of aromatic amines is 1. The Balaban J connectivity index is 1.30. The first kappa shape index (κ1) is 20.7. The van der Waals surface area contributed by atoms with Gasteiger partial charge >= 0.3 is 0 Å². The minimum atomic E-state index is -0.325. The second-order valence-electron chi connectivity index (χ2n) is 9.02. The van der Waals surface area contributed by atoms with Crippen LogP contribution in [0.3, 0.4) is 0 Å². The molecule has 2 unspecified atom stereocenters. The number of carbonyl (C=O) groups excluding carboxylic acids is 1. The average Bonchev–Trinajstić information content (AvgIpc) is 3.53. The van der Waals surface area contributed by atoms with Crippen LogP contribution in [0, 0.1) is 17.3 Å². The average molecular weight is 459 g/mol. The summed E-state index contributed by atoms with van der Waals surface area (Å²) >= 11 is 13.2. The van der Waals surface area contributed by atoms with E-state index in [0.717, 1.165) is 36.0 Å². The predicted molar refractivity (Wildman–Crippen MR) is 118 cm³/mol. The molecule has 31 heavy (non-hydrogen) atoms. The molecule has 1 N–H and O–H groups in total. The molecule has 2 fully saturated rings. The van der Waals surface area contributed by atoms with Gasteiger partial charge in [-0.3, -0.25) is 4.79 Å². The van der Waals surface area contributed by atoms with Gasteiger partial charge in [-0.15, -0.1) is 10.2 Å². The van der Waals surface area contributed by atoms with E-state index in [-0.39, 0.29) is 17.1 Å². The van der Waals surface area contributed by atoms with Gasteiger partial charge in [0.05, 0.1) is 10.1 Å². The second-order valence-corrected chi connectivity index (χ2v) is 9.77. The highest BCUT2D eigenvalue weighted by Crippen LogP contribution is 2.57. The maximum Gasteiger partial charge on any atom is 0.204 e. The zero-order chi connectivity index (χ0) is 21.6. The topological polar surface area (TPSA) is 80.8 Å². The van der Waals surface area contributed by atoms with Crippen molar-refractivity contribution in [1.29, 1.82) is 0 Å². The highest BCUT2D eigenvalue weighted by atomic mass is 35.5. The molecule has 6 nitrogen and oxygen atoms in total. The molecule has 0 radical (unpaired) electrons. The fraction of sp³-hybridized carbons (Fsp3) is 0.478. The Kier molecular flexibility index (Phi) is 5.39. The van der Waals surface area contributed by atoms with Crippen LogP contribution in [0.5, 0.6) is 0 Å². The van der Waals surface area contributed by atoms with Crippen molar-refractivity contribution >= 4 is 29.0 Å². The van der Waals surface area contributed by atoms with Gasteiger partial charge in [0.15, 0.2) is 5.78 Å². The molecule has 162 valence electrons. The molecule has 1 aromatic heterocycles. The Morgan fingerprint density at radius 1 is 1.16 bits per heavy atom. The van der Waals surface area contributed by atoms with E-state index in [9.17, 15) is 4.79 Å². The highest BCUT2D eigenvalue weighted by Gasteiger charge is 2.53. The zero-order valence-corrected chi connectivity index (χ0v) is 18.8. The second kappa shape index (κ2) is 8.06. The third-order valence-electron chi connectivity index (χ3n) is 7.17. The molecule has 0 saturated heterocycles. The Labute approximate surface area is 191 Å². The summed E-state index contributed by atoms with van der Waals surface area (Å²) in [4.78, 5) is 13.3. The summed E-state index contributed by atoms with van der Waals surface area (Å²) in [6.07, 6.45) is 6.14. The summed E-state index contributed by atoms with van der Waals surface area (Å²) in [5.41, 5.74) is 2.26. The zero-order valence-electron chi connectivity index (χ0n) is 17.3. The minimum absolute atomic E-state index is 0.0868. The number of tetrazole rings is 1. The maximum absolute atomic E-state index is 13.3. The fourth-order valence-electron chi connectivity index (χ4n) is 5.45. The smallest absolute Gasteiger partial charge is 0.204 e. The van der Waals surface area contributed by atoms with Gasteiger partial charge in [-0.1, -0.05) is 67.2 Å². The standard InChI is InChI=1S/C23H24Cl2N4O2/c1-23(16-4-2-3-5-16)11-15-10-17(19(24)20(25)18(15)21(23)30)31-12-13-6-8-14(9-7-13)22-26-28-29-27-22/h6-9,15-16H,2-5,10-12H2,1H3,(H,26,27,28,29). The molecule has 0 spiro atoms. The van der Waals surface area contributed by atoms with Crippen molar-refractivity contribution in [3.8, 4) is 11.4 Å².